The molecule has 0 saturated carbocycles. The molecule has 2 rings (SSSR count). The second-order valence-corrected chi connectivity index (χ2v) is 6.65. The number of aromatic nitrogens is 1. The van der Waals surface area contributed by atoms with Gasteiger partial charge in [-0.3, -0.25) is 4.90 Å². The fourth-order valence-corrected chi connectivity index (χ4v) is 3.53. The number of hydrogen-bond donors (Lipinski definition) is 0. The summed E-state index contributed by atoms with van der Waals surface area (Å²) in [7, 11) is 2.17. The number of hydrogen-bond acceptors (Lipinski definition) is 5. The summed E-state index contributed by atoms with van der Waals surface area (Å²) in [5.74, 6) is 0.404. The largest absolute Gasteiger partial charge is 0.304 e. The minimum Gasteiger partial charge on any atom is -0.304 e. The van der Waals surface area contributed by atoms with E-state index in [2.05, 4.69) is 36.8 Å². The number of piperazine rings is 1. The molecule has 19 heavy (non-hydrogen) atoms. The van der Waals surface area contributed by atoms with Crippen LogP contribution < -0.4 is 0 Å². The van der Waals surface area contributed by atoms with Crippen LogP contribution in [0.3, 0.4) is 0 Å². The first-order chi connectivity index (χ1) is 9.10. The van der Waals surface area contributed by atoms with Crippen molar-refractivity contribution in [3.05, 3.63) is 15.6 Å². The molecule has 0 aliphatic carbocycles. The monoisotopic (exact) mass is 278 g/mol. The maximum atomic E-state index is 8.90. The highest BCUT2D eigenvalue weighted by Gasteiger charge is 2.18. The van der Waals surface area contributed by atoms with Gasteiger partial charge in [-0.1, -0.05) is 13.8 Å². The van der Waals surface area contributed by atoms with E-state index in [0.29, 0.717) is 12.3 Å². The lowest BCUT2D eigenvalue weighted by molar-refractivity contribution is 0.148. The van der Waals surface area contributed by atoms with Crippen molar-refractivity contribution in [3.63, 3.8) is 0 Å². The first-order valence-corrected chi connectivity index (χ1v) is 7.68. The first-order valence-electron chi connectivity index (χ1n) is 6.86. The average Bonchev–Trinajstić information content (AvgIpc) is 2.76. The van der Waals surface area contributed by atoms with Crippen LogP contribution in [0.2, 0.25) is 0 Å². The Bertz CT molecular complexity index is 453. The topological polar surface area (TPSA) is 43.2 Å². The van der Waals surface area contributed by atoms with Gasteiger partial charge in [0.25, 0.3) is 0 Å². The minimum atomic E-state index is 0.404. The Morgan fingerprint density at radius 2 is 2.00 bits per heavy atom. The quantitative estimate of drug-likeness (QED) is 0.846. The van der Waals surface area contributed by atoms with Crippen molar-refractivity contribution in [1.29, 1.82) is 5.26 Å². The summed E-state index contributed by atoms with van der Waals surface area (Å²) in [5.41, 5.74) is 1.12. The van der Waals surface area contributed by atoms with Crippen molar-refractivity contribution in [3.8, 4) is 6.07 Å². The SMILES string of the molecule is CC(C)c1nc(CN2CCN(C)CC2)sc1CC#N. The summed E-state index contributed by atoms with van der Waals surface area (Å²) in [6, 6.07) is 2.25. The van der Waals surface area contributed by atoms with E-state index in [1.54, 1.807) is 11.3 Å². The highest BCUT2D eigenvalue weighted by atomic mass is 32.1. The van der Waals surface area contributed by atoms with Crippen LogP contribution in [0.1, 0.15) is 35.3 Å². The molecule has 0 aromatic carbocycles. The van der Waals surface area contributed by atoms with Gasteiger partial charge in [0.2, 0.25) is 0 Å². The maximum absolute atomic E-state index is 8.90. The summed E-state index contributed by atoms with van der Waals surface area (Å²) in [6.45, 7) is 9.72. The predicted octanol–water partition coefficient (Wildman–Crippen LogP) is 2.08. The van der Waals surface area contributed by atoms with E-state index in [1.807, 2.05) is 0 Å². The van der Waals surface area contributed by atoms with Gasteiger partial charge < -0.3 is 4.90 Å². The van der Waals surface area contributed by atoms with Crippen molar-refractivity contribution in [2.75, 3.05) is 33.2 Å². The fourth-order valence-electron chi connectivity index (χ4n) is 2.33. The Morgan fingerprint density at radius 1 is 1.32 bits per heavy atom. The van der Waals surface area contributed by atoms with Crippen LogP contribution in [-0.4, -0.2) is 48.0 Å². The van der Waals surface area contributed by atoms with Crippen LogP contribution in [0.15, 0.2) is 0 Å². The molecule has 2 heterocycles. The number of nitrogens with zero attached hydrogens (tertiary/aromatic N) is 4. The van der Waals surface area contributed by atoms with Crippen LogP contribution in [0.4, 0.5) is 0 Å². The summed E-state index contributed by atoms with van der Waals surface area (Å²) in [4.78, 5) is 10.7. The molecule has 1 saturated heterocycles. The number of nitriles is 1. The normalized spacial score (nSPS) is 17.8. The molecule has 0 spiro atoms. The van der Waals surface area contributed by atoms with Crippen molar-refractivity contribution >= 4 is 11.3 Å². The maximum Gasteiger partial charge on any atom is 0.107 e. The summed E-state index contributed by atoms with van der Waals surface area (Å²) in [6.07, 6.45) is 0.494. The zero-order valence-corrected chi connectivity index (χ0v) is 12.8. The molecule has 0 unspecified atom stereocenters. The average molecular weight is 278 g/mol. The lowest BCUT2D eigenvalue weighted by Gasteiger charge is -2.31. The molecule has 104 valence electrons. The number of thiazole rings is 1. The minimum absolute atomic E-state index is 0.404. The second-order valence-electron chi connectivity index (χ2n) is 5.49. The molecule has 1 aromatic heterocycles. The molecule has 4 nitrogen and oxygen atoms in total. The Hall–Kier alpha value is -0.960. The van der Waals surface area contributed by atoms with E-state index in [9.17, 15) is 0 Å². The lowest BCUT2D eigenvalue weighted by Crippen LogP contribution is -2.43. The molecule has 1 aliphatic rings. The van der Waals surface area contributed by atoms with E-state index < -0.39 is 0 Å². The summed E-state index contributed by atoms with van der Waals surface area (Å²) >= 11 is 1.72. The van der Waals surface area contributed by atoms with Crippen LogP contribution in [0, 0.1) is 11.3 Å². The lowest BCUT2D eigenvalue weighted by atomic mass is 10.1. The van der Waals surface area contributed by atoms with E-state index in [1.165, 1.54) is 5.01 Å². The molecule has 0 atom stereocenters. The molecule has 5 heteroatoms. The van der Waals surface area contributed by atoms with E-state index >= 15 is 0 Å². The van der Waals surface area contributed by atoms with Gasteiger partial charge in [-0.05, 0) is 13.0 Å². The Morgan fingerprint density at radius 3 is 2.58 bits per heavy atom. The van der Waals surface area contributed by atoms with Crippen LogP contribution >= 0.6 is 11.3 Å². The van der Waals surface area contributed by atoms with Gasteiger partial charge >= 0.3 is 0 Å². The molecule has 1 aliphatic heterocycles. The second kappa shape index (κ2) is 6.47. The standard InChI is InChI=1S/C14H22N4S/c1-11(2)14-12(4-5-15)19-13(16-14)10-18-8-6-17(3)7-9-18/h11H,4,6-10H2,1-3H3. The van der Waals surface area contributed by atoms with Crippen LogP contribution in [0.5, 0.6) is 0 Å². The summed E-state index contributed by atoms with van der Waals surface area (Å²) in [5, 5.41) is 10.1. The smallest absolute Gasteiger partial charge is 0.107 e. The molecule has 0 radical (unpaired) electrons. The highest BCUT2D eigenvalue weighted by Crippen LogP contribution is 2.26. The number of likely N-dealkylation sites (N-methyl/N-ethyl adjacent to an activating group) is 1. The van der Waals surface area contributed by atoms with Gasteiger partial charge in [0.05, 0.1) is 24.7 Å². The van der Waals surface area contributed by atoms with Crippen molar-refractivity contribution < 1.29 is 0 Å². The first kappa shape index (κ1) is 14.4. The van der Waals surface area contributed by atoms with Crippen molar-refractivity contribution in [2.24, 2.45) is 0 Å². The predicted molar refractivity (Wildman–Crippen MR) is 78.3 cm³/mol. The van der Waals surface area contributed by atoms with Gasteiger partial charge in [-0.2, -0.15) is 5.26 Å². The molecule has 0 bridgehead atoms. The van der Waals surface area contributed by atoms with E-state index in [4.69, 9.17) is 10.2 Å². The third-order valence-electron chi connectivity index (χ3n) is 3.51. The van der Waals surface area contributed by atoms with Gasteiger partial charge in [-0.25, -0.2) is 4.98 Å². The zero-order valence-electron chi connectivity index (χ0n) is 12.0. The highest BCUT2D eigenvalue weighted by molar-refractivity contribution is 7.11. The summed E-state index contributed by atoms with van der Waals surface area (Å²) < 4.78 is 0. The fraction of sp³-hybridized carbons (Fsp3) is 0.714. The molecule has 1 aromatic rings. The van der Waals surface area contributed by atoms with Gasteiger partial charge in [-0.15, -0.1) is 11.3 Å². The van der Waals surface area contributed by atoms with E-state index in [-0.39, 0.29) is 0 Å². The van der Waals surface area contributed by atoms with Crippen molar-refractivity contribution in [2.45, 2.75) is 32.7 Å². The zero-order chi connectivity index (χ0) is 13.8. The Kier molecular flexibility index (Phi) is 4.92. The molecule has 0 amide bonds. The molecule has 0 N–H and O–H groups in total. The number of rotatable bonds is 4. The van der Waals surface area contributed by atoms with Gasteiger partial charge in [0.15, 0.2) is 0 Å². The van der Waals surface area contributed by atoms with Crippen molar-refractivity contribution in [1.82, 2.24) is 14.8 Å². The van der Waals surface area contributed by atoms with Crippen LogP contribution in [-0.2, 0) is 13.0 Å². The Balaban J connectivity index is 2.04. The molecular weight excluding hydrogens is 256 g/mol. The Labute approximate surface area is 119 Å². The third kappa shape index (κ3) is 3.75. The molecule has 1 fully saturated rings. The van der Waals surface area contributed by atoms with Gasteiger partial charge in [0.1, 0.15) is 5.01 Å². The van der Waals surface area contributed by atoms with E-state index in [0.717, 1.165) is 43.3 Å². The molecular formula is C14H22N4S. The van der Waals surface area contributed by atoms with Crippen LogP contribution in [0.25, 0.3) is 0 Å². The third-order valence-corrected chi connectivity index (χ3v) is 4.57. The van der Waals surface area contributed by atoms with Gasteiger partial charge in [0, 0.05) is 31.1 Å².